The summed E-state index contributed by atoms with van der Waals surface area (Å²) in [5.74, 6) is 0. The van der Waals surface area contributed by atoms with Gasteiger partial charge in [0.25, 0.3) is 5.69 Å². The first kappa shape index (κ1) is 15.1. The SMILES string of the molecule is O=[N+]([O-])c1ccc(CCNc2ccc(I)cc2Cl)cc1. The third kappa shape index (κ3) is 4.08. The van der Waals surface area contributed by atoms with Gasteiger partial charge in [-0.1, -0.05) is 23.7 Å². The lowest BCUT2D eigenvalue weighted by Crippen LogP contribution is -2.05. The first-order valence-corrected chi connectivity index (χ1v) is 7.44. The molecule has 0 fully saturated rings. The fourth-order valence-electron chi connectivity index (χ4n) is 1.76. The molecule has 4 nitrogen and oxygen atoms in total. The molecule has 104 valence electrons. The number of nitro groups is 1. The van der Waals surface area contributed by atoms with Crippen molar-refractivity contribution in [1.29, 1.82) is 0 Å². The smallest absolute Gasteiger partial charge is 0.269 e. The van der Waals surface area contributed by atoms with Gasteiger partial charge < -0.3 is 5.32 Å². The minimum Gasteiger partial charge on any atom is -0.384 e. The van der Waals surface area contributed by atoms with E-state index in [9.17, 15) is 10.1 Å². The van der Waals surface area contributed by atoms with E-state index < -0.39 is 4.92 Å². The number of nitro benzene ring substituents is 1. The average Bonchev–Trinajstić information content (AvgIpc) is 2.42. The minimum absolute atomic E-state index is 0.113. The second-order valence-corrected chi connectivity index (χ2v) is 5.88. The number of rotatable bonds is 5. The van der Waals surface area contributed by atoms with Crippen molar-refractivity contribution >= 4 is 45.6 Å². The average molecular weight is 403 g/mol. The fourth-order valence-corrected chi connectivity index (χ4v) is 2.68. The summed E-state index contributed by atoms with van der Waals surface area (Å²) in [6.07, 6.45) is 0.778. The molecule has 0 heterocycles. The van der Waals surface area contributed by atoms with Crippen LogP contribution in [0, 0.1) is 13.7 Å². The van der Waals surface area contributed by atoms with Gasteiger partial charge in [0.2, 0.25) is 0 Å². The normalized spacial score (nSPS) is 10.3. The number of halogens is 2. The van der Waals surface area contributed by atoms with Gasteiger partial charge in [0, 0.05) is 22.2 Å². The molecule has 20 heavy (non-hydrogen) atoms. The molecule has 0 atom stereocenters. The Hall–Kier alpha value is -1.34. The maximum Gasteiger partial charge on any atom is 0.269 e. The highest BCUT2D eigenvalue weighted by Crippen LogP contribution is 2.23. The van der Waals surface area contributed by atoms with E-state index in [0.717, 1.165) is 27.8 Å². The number of hydrogen-bond acceptors (Lipinski definition) is 3. The van der Waals surface area contributed by atoms with Crippen LogP contribution >= 0.6 is 34.2 Å². The summed E-state index contributed by atoms with van der Waals surface area (Å²) in [6, 6.07) is 12.4. The van der Waals surface area contributed by atoms with Gasteiger partial charge in [-0.2, -0.15) is 0 Å². The van der Waals surface area contributed by atoms with Crippen LogP contribution in [-0.2, 0) is 6.42 Å². The monoisotopic (exact) mass is 402 g/mol. The van der Waals surface area contributed by atoms with E-state index in [-0.39, 0.29) is 5.69 Å². The molecule has 0 spiro atoms. The van der Waals surface area contributed by atoms with Gasteiger partial charge >= 0.3 is 0 Å². The van der Waals surface area contributed by atoms with Crippen molar-refractivity contribution in [3.63, 3.8) is 0 Å². The highest BCUT2D eigenvalue weighted by Gasteiger charge is 2.04. The van der Waals surface area contributed by atoms with E-state index >= 15 is 0 Å². The molecule has 0 saturated heterocycles. The van der Waals surface area contributed by atoms with E-state index in [0.29, 0.717) is 5.02 Å². The molecule has 0 aromatic heterocycles. The van der Waals surface area contributed by atoms with Crippen LogP contribution in [0.1, 0.15) is 5.56 Å². The lowest BCUT2D eigenvalue weighted by molar-refractivity contribution is -0.384. The third-order valence-electron chi connectivity index (χ3n) is 2.81. The summed E-state index contributed by atoms with van der Waals surface area (Å²) in [5, 5.41) is 14.5. The van der Waals surface area contributed by atoms with Crippen molar-refractivity contribution in [3.05, 3.63) is 66.7 Å². The van der Waals surface area contributed by atoms with Gasteiger partial charge in [-0.3, -0.25) is 10.1 Å². The standard InChI is InChI=1S/C14H12ClIN2O2/c15-13-9-11(16)3-6-14(13)17-8-7-10-1-4-12(5-2-10)18(19)20/h1-6,9,17H,7-8H2. The van der Waals surface area contributed by atoms with Gasteiger partial charge in [-0.05, 0) is 52.8 Å². The van der Waals surface area contributed by atoms with Gasteiger partial charge in [0.05, 0.1) is 15.6 Å². The number of benzene rings is 2. The summed E-state index contributed by atoms with van der Waals surface area (Å²) in [7, 11) is 0. The molecule has 0 aliphatic rings. The quantitative estimate of drug-likeness (QED) is 0.455. The maximum absolute atomic E-state index is 10.6. The molecule has 0 bridgehead atoms. The van der Waals surface area contributed by atoms with Crippen molar-refractivity contribution in [3.8, 4) is 0 Å². The van der Waals surface area contributed by atoms with Crippen molar-refractivity contribution in [2.45, 2.75) is 6.42 Å². The molecule has 0 amide bonds. The number of non-ortho nitro benzene ring substituents is 1. The Balaban J connectivity index is 1.91. The fraction of sp³-hybridized carbons (Fsp3) is 0.143. The molecule has 2 aromatic carbocycles. The van der Waals surface area contributed by atoms with E-state index in [1.54, 1.807) is 12.1 Å². The Morgan fingerprint density at radius 3 is 2.50 bits per heavy atom. The van der Waals surface area contributed by atoms with E-state index in [1.807, 2.05) is 18.2 Å². The third-order valence-corrected chi connectivity index (χ3v) is 3.79. The van der Waals surface area contributed by atoms with Gasteiger partial charge in [0.15, 0.2) is 0 Å². The lowest BCUT2D eigenvalue weighted by atomic mass is 10.1. The molecular weight excluding hydrogens is 391 g/mol. The van der Waals surface area contributed by atoms with Crippen LogP contribution in [0.2, 0.25) is 5.02 Å². The van der Waals surface area contributed by atoms with Crippen molar-refractivity contribution < 1.29 is 4.92 Å². The number of hydrogen-bond donors (Lipinski definition) is 1. The van der Waals surface area contributed by atoms with Crippen molar-refractivity contribution in [1.82, 2.24) is 0 Å². The van der Waals surface area contributed by atoms with Crippen molar-refractivity contribution in [2.24, 2.45) is 0 Å². The van der Waals surface area contributed by atoms with Crippen LogP contribution in [0.4, 0.5) is 11.4 Å². The molecule has 0 radical (unpaired) electrons. The molecule has 0 saturated carbocycles. The Morgan fingerprint density at radius 2 is 1.90 bits per heavy atom. The zero-order chi connectivity index (χ0) is 14.5. The molecule has 1 N–H and O–H groups in total. The van der Waals surface area contributed by atoms with Gasteiger partial charge in [0.1, 0.15) is 0 Å². The number of nitrogens with one attached hydrogen (secondary N) is 1. The van der Waals surface area contributed by atoms with Crippen LogP contribution in [0.3, 0.4) is 0 Å². The Kier molecular flexibility index (Phi) is 5.19. The Morgan fingerprint density at radius 1 is 1.20 bits per heavy atom. The van der Waals surface area contributed by atoms with Crippen LogP contribution in [0.25, 0.3) is 0 Å². The second kappa shape index (κ2) is 6.90. The predicted octanol–water partition coefficient (Wildman–Crippen LogP) is 4.51. The number of anilines is 1. The topological polar surface area (TPSA) is 55.2 Å². The lowest BCUT2D eigenvalue weighted by Gasteiger charge is -2.08. The molecule has 0 aliphatic heterocycles. The van der Waals surface area contributed by atoms with Crippen molar-refractivity contribution in [2.75, 3.05) is 11.9 Å². The van der Waals surface area contributed by atoms with Crippen LogP contribution in [0.15, 0.2) is 42.5 Å². The molecule has 6 heteroatoms. The molecule has 2 rings (SSSR count). The van der Waals surface area contributed by atoms with Crippen LogP contribution < -0.4 is 5.32 Å². The minimum atomic E-state index is -0.395. The van der Waals surface area contributed by atoms with E-state index in [1.165, 1.54) is 12.1 Å². The number of nitrogens with zero attached hydrogens (tertiary/aromatic N) is 1. The molecular formula is C14H12ClIN2O2. The summed E-state index contributed by atoms with van der Waals surface area (Å²) in [4.78, 5) is 10.2. The maximum atomic E-state index is 10.6. The zero-order valence-corrected chi connectivity index (χ0v) is 13.4. The Labute approximate surface area is 135 Å². The highest BCUT2D eigenvalue weighted by molar-refractivity contribution is 14.1. The predicted molar refractivity (Wildman–Crippen MR) is 89.5 cm³/mol. The first-order chi connectivity index (χ1) is 9.56. The van der Waals surface area contributed by atoms with E-state index in [4.69, 9.17) is 11.6 Å². The highest BCUT2D eigenvalue weighted by atomic mass is 127. The largest absolute Gasteiger partial charge is 0.384 e. The van der Waals surface area contributed by atoms with E-state index in [2.05, 4.69) is 27.9 Å². The van der Waals surface area contributed by atoms with Gasteiger partial charge in [-0.25, -0.2) is 0 Å². The molecule has 2 aromatic rings. The second-order valence-electron chi connectivity index (χ2n) is 4.22. The summed E-state index contributed by atoms with van der Waals surface area (Å²) in [5.41, 5.74) is 2.06. The van der Waals surface area contributed by atoms with Crippen LogP contribution in [0.5, 0.6) is 0 Å². The van der Waals surface area contributed by atoms with Crippen LogP contribution in [-0.4, -0.2) is 11.5 Å². The first-order valence-electron chi connectivity index (χ1n) is 5.98. The molecule has 0 unspecified atom stereocenters. The summed E-state index contributed by atoms with van der Waals surface area (Å²) >= 11 is 8.33. The molecule has 0 aliphatic carbocycles. The zero-order valence-electron chi connectivity index (χ0n) is 10.5. The summed E-state index contributed by atoms with van der Waals surface area (Å²) < 4.78 is 1.09. The van der Waals surface area contributed by atoms with Gasteiger partial charge in [-0.15, -0.1) is 0 Å². The summed E-state index contributed by atoms with van der Waals surface area (Å²) in [6.45, 7) is 0.720. The Bertz CT molecular complexity index is 617.